The molecule has 4 rings (SSSR count). The molecule has 1 saturated heterocycles. The van der Waals surface area contributed by atoms with Crippen molar-refractivity contribution in [3.8, 4) is 0 Å². The van der Waals surface area contributed by atoms with Gasteiger partial charge < -0.3 is 15.3 Å². The van der Waals surface area contributed by atoms with Crippen LogP contribution in [0.15, 0.2) is 53.4 Å². The Morgan fingerprint density at radius 1 is 1.21 bits per heavy atom. The van der Waals surface area contributed by atoms with Gasteiger partial charge in [-0.3, -0.25) is 14.4 Å². The van der Waals surface area contributed by atoms with Crippen LogP contribution in [0.3, 0.4) is 0 Å². The van der Waals surface area contributed by atoms with Crippen LogP contribution in [0.1, 0.15) is 73.3 Å². The zero-order valence-corrected chi connectivity index (χ0v) is 23.7. The van der Waals surface area contributed by atoms with Gasteiger partial charge in [0, 0.05) is 29.0 Å². The smallest absolute Gasteiger partial charge is 0.267 e. The minimum absolute atomic E-state index is 0.0963. The normalized spacial score (nSPS) is 24.7. The standard InChI is InChI=1S/C31H40N4O4/c1-19-14-23(11-10-22(19)17-24-16-21(3)33-34-29(24)38)28(37)32-18-26(36)35-25(30(4,5)39)15-20(2)27(35)31(6)12-8-7-9-13-31/h7-12,14,16,20,25,27,39H,13,15,17-18H2,1-6H3,(H,32,37)(H,34,38)/t20-,25+,27-,31?/m0/s1. The average Bonchev–Trinajstić information content (AvgIpc) is 3.25. The van der Waals surface area contributed by atoms with E-state index in [0.717, 1.165) is 23.2 Å². The number of nitrogens with zero attached hydrogens (tertiary/aromatic N) is 2. The van der Waals surface area contributed by atoms with E-state index in [-0.39, 0.29) is 47.3 Å². The Morgan fingerprint density at radius 3 is 2.59 bits per heavy atom. The van der Waals surface area contributed by atoms with Crippen LogP contribution in [0.2, 0.25) is 0 Å². The molecule has 4 atom stereocenters. The van der Waals surface area contributed by atoms with Crippen LogP contribution < -0.4 is 10.9 Å². The molecular weight excluding hydrogens is 492 g/mol. The lowest BCUT2D eigenvalue weighted by Crippen LogP contribution is -2.57. The molecule has 8 nitrogen and oxygen atoms in total. The summed E-state index contributed by atoms with van der Waals surface area (Å²) in [7, 11) is 0. The number of carbonyl (C=O) groups is 2. The molecule has 1 unspecified atom stereocenters. The Kier molecular flexibility index (Phi) is 7.98. The van der Waals surface area contributed by atoms with Gasteiger partial charge in [0.25, 0.3) is 11.5 Å². The second kappa shape index (κ2) is 10.9. The third-order valence-corrected chi connectivity index (χ3v) is 8.22. The lowest BCUT2D eigenvalue weighted by molar-refractivity contribution is -0.140. The number of hydrogen-bond acceptors (Lipinski definition) is 5. The number of aliphatic hydroxyl groups is 1. The monoisotopic (exact) mass is 532 g/mol. The molecule has 2 aromatic rings. The number of amides is 2. The number of likely N-dealkylation sites (tertiary alicyclic amines) is 1. The van der Waals surface area contributed by atoms with Crippen LogP contribution in [0.4, 0.5) is 0 Å². The zero-order valence-electron chi connectivity index (χ0n) is 23.7. The SMILES string of the molecule is Cc1cc(Cc2ccc(C(=O)NCC(=O)N3[C@H](C4(C)C=CC=CC4)[C@@H](C)C[C@@H]3C(C)(C)O)cc2C)c(=O)[nH]n1. The Labute approximate surface area is 230 Å². The summed E-state index contributed by atoms with van der Waals surface area (Å²) in [6.07, 6.45) is 10.3. The largest absolute Gasteiger partial charge is 0.388 e. The van der Waals surface area contributed by atoms with Gasteiger partial charge in [-0.05, 0) is 75.8 Å². The van der Waals surface area contributed by atoms with Crippen molar-refractivity contribution in [3.05, 3.63) is 86.9 Å². The molecular formula is C31H40N4O4. The van der Waals surface area contributed by atoms with Crippen molar-refractivity contribution in [2.45, 2.75) is 78.5 Å². The summed E-state index contributed by atoms with van der Waals surface area (Å²) in [5.41, 5.74) is 2.04. The maximum Gasteiger partial charge on any atom is 0.267 e. The summed E-state index contributed by atoms with van der Waals surface area (Å²) in [5, 5.41) is 20.2. The van der Waals surface area contributed by atoms with Crippen molar-refractivity contribution >= 4 is 11.8 Å². The van der Waals surface area contributed by atoms with Crippen molar-refractivity contribution in [1.29, 1.82) is 0 Å². The predicted molar refractivity (Wildman–Crippen MR) is 151 cm³/mol. The van der Waals surface area contributed by atoms with Crippen molar-refractivity contribution in [2.75, 3.05) is 6.54 Å². The number of H-pyrrole nitrogens is 1. The quantitative estimate of drug-likeness (QED) is 0.504. The first kappa shape index (κ1) is 28.5. The number of benzene rings is 1. The van der Waals surface area contributed by atoms with Gasteiger partial charge in [0.05, 0.1) is 23.9 Å². The summed E-state index contributed by atoms with van der Waals surface area (Å²) < 4.78 is 0. The molecule has 8 heteroatoms. The molecule has 0 radical (unpaired) electrons. The summed E-state index contributed by atoms with van der Waals surface area (Å²) in [6.45, 7) is 11.3. The van der Waals surface area contributed by atoms with Gasteiger partial charge in [0.1, 0.15) is 0 Å². The second-order valence-corrected chi connectivity index (χ2v) is 12.0. The Morgan fingerprint density at radius 2 is 1.95 bits per heavy atom. The van der Waals surface area contributed by atoms with E-state index < -0.39 is 5.60 Å². The molecule has 1 aromatic carbocycles. The van der Waals surface area contributed by atoms with Crippen molar-refractivity contribution < 1.29 is 14.7 Å². The average molecular weight is 533 g/mol. The first-order valence-corrected chi connectivity index (χ1v) is 13.6. The van der Waals surface area contributed by atoms with Crippen LogP contribution in [0.5, 0.6) is 0 Å². The number of carbonyl (C=O) groups excluding carboxylic acids is 2. The van der Waals surface area contributed by atoms with Gasteiger partial charge in [-0.15, -0.1) is 0 Å². The minimum atomic E-state index is -1.07. The van der Waals surface area contributed by atoms with Crippen LogP contribution in [-0.4, -0.2) is 56.2 Å². The molecule has 0 saturated carbocycles. The molecule has 2 aliphatic rings. The van der Waals surface area contributed by atoms with Gasteiger partial charge in [-0.2, -0.15) is 5.10 Å². The molecule has 0 bridgehead atoms. The molecule has 2 heterocycles. The topological polar surface area (TPSA) is 115 Å². The summed E-state index contributed by atoms with van der Waals surface area (Å²) >= 11 is 0. The number of hydrogen-bond donors (Lipinski definition) is 3. The fourth-order valence-corrected chi connectivity index (χ4v) is 6.23. The minimum Gasteiger partial charge on any atom is -0.388 e. The number of allylic oxidation sites excluding steroid dienone is 3. The van der Waals surface area contributed by atoms with Crippen molar-refractivity contribution in [3.63, 3.8) is 0 Å². The van der Waals surface area contributed by atoms with Crippen LogP contribution in [0.25, 0.3) is 0 Å². The van der Waals surface area contributed by atoms with Gasteiger partial charge >= 0.3 is 0 Å². The second-order valence-electron chi connectivity index (χ2n) is 12.0. The molecule has 1 aromatic heterocycles. The van der Waals surface area contributed by atoms with Gasteiger partial charge in [0.15, 0.2) is 0 Å². The highest BCUT2D eigenvalue weighted by atomic mass is 16.3. The molecule has 2 amide bonds. The Bertz CT molecular complexity index is 1370. The van der Waals surface area contributed by atoms with E-state index in [9.17, 15) is 19.5 Å². The number of aryl methyl sites for hydroxylation is 2. The lowest BCUT2D eigenvalue weighted by atomic mass is 9.72. The molecule has 3 N–H and O–H groups in total. The summed E-state index contributed by atoms with van der Waals surface area (Å²) in [6, 6.07) is 6.65. The third-order valence-electron chi connectivity index (χ3n) is 8.22. The van der Waals surface area contributed by atoms with Crippen LogP contribution >= 0.6 is 0 Å². The van der Waals surface area contributed by atoms with E-state index in [0.29, 0.717) is 24.0 Å². The van der Waals surface area contributed by atoms with Crippen molar-refractivity contribution in [1.82, 2.24) is 20.4 Å². The number of nitrogens with one attached hydrogen (secondary N) is 2. The fraction of sp³-hybridized carbons (Fsp3) is 0.484. The van der Waals surface area contributed by atoms with E-state index in [1.807, 2.05) is 37.0 Å². The summed E-state index contributed by atoms with van der Waals surface area (Å²) in [4.78, 5) is 40.7. The first-order valence-electron chi connectivity index (χ1n) is 13.6. The first-order chi connectivity index (χ1) is 18.3. The van der Waals surface area contributed by atoms with E-state index >= 15 is 0 Å². The zero-order chi connectivity index (χ0) is 28.5. The third kappa shape index (κ3) is 6.06. The molecule has 1 aliphatic heterocycles. The Balaban J connectivity index is 1.49. The van der Waals surface area contributed by atoms with Gasteiger partial charge in [-0.1, -0.05) is 44.2 Å². The highest BCUT2D eigenvalue weighted by molar-refractivity contribution is 5.96. The van der Waals surface area contributed by atoms with Crippen molar-refractivity contribution in [2.24, 2.45) is 11.3 Å². The van der Waals surface area contributed by atoms with Crippen LogP contribution in [-0.2, 0) is 11.2 Å². The highest BCUT2D eigenvalue weighted by Gasteiger charge is 2.53. The molecule has 1 aliphatic carbocycles. The maximum absolute atomic E-state index is 13.7. The molecule has 1 fully saturated rings. The molecule has 0 spiro atoms. The number of aromatic amines is 1. The number of aromatic nitrogens is 2. The molecule has 208 valence electrons. The predicted octanol–water partition coefficient (Wildman–Crippen LogP) is 3.61. The van der Waals surface area contributed by atoms with Gasteiger partial charge in [0.2, 0.25) is 5.91 Å². The fourth-order valence-electron chi connectivity index (χ4n) is 6.23. The lowest BCUT2D eigenvalue weighted by Gasteiger charge is -2.44. The number of rotatable bonds is 7. The summed E-state index contributed by atoms with van der Waals surface area (Å²) in [5.74, 6) is -0.352. The van der Waals surface area contributed by atoms with E-state index in [1.54, 1.807) is 32.0 Å². The highest BCUT2D eigenvalue weighted by Crippen LogP contribution is 2.46. The Hall–Kier alpha value is -3.52. The van der Waals surface area contributed by atoms with Crippen LogP contribution in [0, 0.1) is 25.2 Å². The van der Waals surface area contributed by atoms with E-state index in [1.165, 1.54) is 0 Å². The van der Waals surface area contributed by atoms with E-state index in [2.05, 4.69) is 41.5 Å². The van der Waals surface area contributed by atoms with E-state index in [4.69, 9.17) is 0 Å². The maximum atomic E-state index is 13.7. The molecule has 39 heavy (non-hydrogen) atoms. The van der Waals surface area contributed by atoms with Gasteiger partial charge in [-0.25, -0.2) is 5.10 Å².